The van der Waals surface area contributed by atoms with Crippen LogP contribution in [0.5, 0.6) is 0 Å². The van der Waals surface area contributed by atoms with Crippen LogP contribution in [0.2, 0.25) is 0 Å². The molecule has 3 nitrogen and oxygen atoms in total. The highest BCUT2D eigenvalue weighted by Crippen LogP contribution is 2.13. The zero-order valence-electron chi connectivity index (χ0n) is 19.1. The number of hydrogen-bond donors (Lipinski definition) is 1. The standard InChI is InChI=1S/C23H50N2O.2FH/c1-3-5-6-7-8-9-10-11-12-13-14-15-16-17-18-19-22-25(26-4-2)23-20-21-24;;/h3-24H2,1-2H3;2*1H. The Morgan fingerprint density at radius 2 is 0.893 bits per heavy atom. The second-order valence-corrected chi connectivity index (χ2v) is 7.79. The molecule has 5 heteroatoms. The van der Waals surface area contributed by atoms with Crippen molar-refractivity contribution in [3.63, 3.8) is 0 Å². The number of nitrogens with two attached hydrogens (primary N) is 1. The Morgan fingerprint density at radius 3 is 1.25 bits per heavy atom. The van der Waals surface area contributed by atoms with Gasteiger partial charge in [0.1, 0.15) is 0 Å². The van der Waals surface area contributed by atoms with E-state index in [4.69, 9.17) is 10.6 Å². The summed E-state index contributed by atoms with van der Waals surface area (Å²) in [5.41, 5.74) is 5.58. The lowest BCUT2D eigenvalue weighted by atomic mass is 10.0. The Morgan fingerprint density at radius 1 is 0.536 bits per heavy atom. The molecular formula is C23H52F2N2O. The quantitative estimate of drug-likeness (QED) is 0.152. The molecular weight excluding hydrogens is 358 g/mol. The smallest absolute Gasteiger partial charge is 0.0656 e. The number of rotatable bonds is 22. The first-order valence-corrected chi connectivity index (χ1v) is 11.9. The Hall–Kier alpha value is -0.260. The van der Waals surface area contributed by atoms with E-state index in [1.807, 2.05) is 0 Å². The van der Waals surface area contributed by atoms with Crippen LogP contribution in [0.15, 0.2) is 0 Å². The molecule has 28 heavy (non-hydrogen) atoms. The number of nitrogens with zero attached hydrogens (tertiary/aromatic N) is 1. The topological polar surface area (TPSA) is 38.5 Å². The molecule has 0 fully saturated rings. The maximum atomic E-state index is 5.65. The maximum absolute atomic E-state index is 5.65. The van der Waals surface area contributed by atoms with Crippen LogP contribution in [0.25, 0.3) is 0 Å². The molecule has 0 radical (unpaired) electrons. The summed E-state index contributed by atoms with van der Waals surface area (Å²) in [5, 5.41) is 2.11. The molecule has 0 aliphatic rings. The highest BCUT2D eigenvalue weighted by atomic mass is 19.0. The molecule has 0 rings (SSSR count). The predicted molar refractivity (Wildman–Crippen MR) is 121 cm³/mol. The lowest BCUT2D eigenvalue weighted by Gasteiger charge is -2.20. The van der Waals surface area contributed by atoms with Gasteiger partial charge in [-0.05, 0) is 26.3 Å². The van der Waals surface area contributed by atoms with Crippen LogP contribution < -0.4 is 5.73 Å². The van der Waals surface area contributed by atoms with Gasteiger partial charge in [-0.1, -0.05) is 103 Å². The van der Waals surface area contributed by atoms with E-state index in [9.17, 15) is 0 Å². The minimum absolute atomic E-state index is 0. The van der Waals surface area contributed by atoms with Crippen LogP contribution in [0.4, 0.5) is 9.41 Å². The van der Waals surface area contributed by atoms with Gasteiger partial charge < -0.3 is 5.73 Å². The summed E-state index contributed by atoms with van der Waals surface area (Å²) < 4.78 is 0. The van der Waals surface area contributed by atoms with Gasteiger partial charge in [0.15, 0.2) is 0 Å². The SMILES string of the molecule is CCCCCCCCCCCCCCCCCCN(CCCN)OCC.F.F. The van der Waals surface area contributed by atoms with E-state index in [2.05, 4.69) is 18.9 Å². The first kappa shape index (κ1) is 32.4. The fraction of sp³-hybridized carbons (Fsp3) is 1.00. The van der Waals surface area contributed by atoms with Crippen molar-refractivity contribution >= 4 is 0 Å². The minimum Gasteiger partial charge on any atom is -0.330 e. The Bertz CT molecular complexity index is 259. The zero-order chi connectivity index (χ0) is 19.1. The summed E-state index contributed by atoms with van der Waals surface area (Å²) in [7, 11) is 0. The first-order valence-electron chi connectivity index (χ1n) is 11.9. The van der Waals surface area contributed by atoms with Gasteiger partial charge >= 0.3 is 0 Å². The predicted octanol–water partition coefficient (Wildman–Crippen LogP) is 7.16. The number of halogens is 2. The van der Waals surface area contributed by atoms with Crippen LogP contribution in [0, 0.1) is 0 Å². The lowest BCUT2D eigenvalue weighted by molar-refractivity contribution is -0.155. The normalized spacial score (nSPS) is 10.7. The molecule has 0 bridgehead atoms. The second kappa shape index (κ2) is 28.9. The second-order valence-electron chi connectivity index (χ2n) is 7.79. The van der Waals surface area contributed by atoms with Gasteiger partial charge in [-0.3, -0.25) is 14.2 Å². The van der Waals surface area contributed by atoms with Crippen LogP contribution in [-0.2, 0) is 4.84 Å². The van der Waals surface area contributed by atoms with Crippen LogP contribution in [0.3, 0.4) is 0 Å². The van der Waals surface area contributed by atoms with Crippen molar-refractivity contribution in [3.8, 4) is 0 Å². The monoisotopic (exact) mass is 410 g/mol. The van der Waals surface area contributed by atoms with E-state index < -0.39 is 0 Å². The van der Waals surface area contributed by atoms with Gasteiger partial charge in [0.2, 0.25) is 0 Å². The van der Waals surface area contributed by atoms with Gasteiger partial charge in [0, 0.05) is 13.1 Å². The summed E-state index contributed by atoms with van der Waals surface area (Å²) >= 11 is 0. The van der Waals surface area contributed by atoms with Gasteiger partial charge in [-0.2, -0.15) is 5.06 Å². The summed E-state index contributed by atoms with van der Waals surface area (Å²) in [6, 6.07) is 0. The summed E-state index contributed by atoms with van der Waals surface area (Å²) in [6.45, 7) is 7.91. The maximum Gasteiger partial charge on any atom is 0.0656 e. The molecule has 0 saturated carbocycles. The molecule has 174 valence electrons. The highest BCUT2D eigenvalue weighted by Gasteiger charge is 2.03. The molecule has 0 aromatic carbocycles. The Labute approximate surface area is 174 Å². The van der Waals surface area contributed by atoms with Gasteiger partial charge in [-0.25, -0.2) is 0 Å². The van der Waals surface area contributed by atoms with Gasteiger partial charge in [0.05, 0.1) is 6.61 Å². The molecule has 2 N–H and O–H groups in total. The lowest BCUT2D eigenvalue weighted by Crippen LogP contribution is -2.27. The van der Waals surface area contributed by atoms with Crippen molar-refractivity contribution in [3.05, 3.63) is 0 Å². The van der Waals surface area contributed by atoms with Crippen molar-refractivity contribution in [2.75, 3.05) is 26.2 Å². The molecule has 0 aliphatic carbocycles. The average Bonchev–Trinajstić information content (AvgIpc) is 2.65. The van der Waals surface area contributed by atoms with Gasteiger partial charge in [-0.15, -0.1) is 0 Å². The Balaban J connectivity index is -0.00000312. The molecule has 0 aromatic rings. The molecule has 0 aliphatic heterocycles. The number of unbranched alkanes of at least 4 members (excludes halogenated alkanes) is 15. The van der Waals surface area contributed by atoms with Crippen molar-refractivity contribution < 1.29 is 14.2 Å². The van der Waals surface area contributed by atoms with Crippen LogP contribution in [0.1, 0.15) is 123 Å². The van der Waals surface area contributed by atoms with Crippen molar-refractivity contribution in [2.24, 2.45) is 5.73 Å². The van der Waals surface area contributed by atoms with E-state index in [0.29, 0.717) is 0 Å². The molecule has 0 atom stereocenters. The third-order valence-corrected chi connectivity index (χ3v) is 5.18. The van der Waals surface area contributed by atoms with Crippen molar-refractivity contribution in [1.29, 1.82) is 0 Å². The van der Waals surface area contributed by atoms with E-state index in [0.717, 1.165) is 32.7 Å². The number of hydroxylamine groups is 2. The molecule has 0 saturated heterocycles. The summed E-state index contributed by atoms with van der Waals surface area (Å²) in [6.07, 6.45) is 23.8. The molecule has 0 spiro atoms. The minimum atomic E-state index is 0. The van der Waals surface area contributed by atoms with Crippen molar-refractivity contribution in [1.82, 2.24) is 5.06 Å². The fourth-order valence-electron chi connectivity index (χ4n) is 3.53. The van der Waals surface area contributed by atoms with Crippen LogP contribution >= 0.6 is 0 Å². The molecule has 0 aromatic heterocycles. The molecule has 0 heterocycles. The largest absolute Gasteiger partial charge is 0.330 e. The number of hydrogen-bond acceptors (Lipinski definition) is 3. The average molecular weight is 411 g/mol. The zero-order valence-corrected chi connectivity index (χ0v) is 19.1. The Kier molecular flexibility index (Phi) is 33.5. The fourth-order valence-corrected chi connectivity index (χ4v) is 3.53. The van der Waals surface area contributed by atoms with E-state index in [1.165, 1.54) is 103 Å². The van der Waals surface area contributed by atoms with Crippen molar-refractivity contribution in [2.45, 2.75) is 123 Å². The highest BCUT2D eigenvalue weighted by molar-refractivity contribution is 4.52. The third kappa shape index (κ3) is 25.7. The summed E-state index contributed by atoms with van der Waals surface area (Å²) in [4.78, 5) is 5.65. The van der Waals surface area contributed by atoms with E-state index in [1.54, 1.807) is 0 Å². The van der Waals surface area contributed by atoms with Gasteiger partial charge in [0.25, 0.3) is 0 Å². The van der Waals surface area contributed by atoms with Crippen LogP contribution in [-0.4, -0.2) is 31.3 Å². The summed E-state index contributed by atoms with van der Waals surface area (Å²) in [5.74, 6) is 0. The molecule has 0 unspecified atom stereocenters. The third-order valence-electron chi connectivity index (χ3n) is 5.18. The molecule has 0 amide bonds. The first-order chi connectivity index (χ1) is 12.8. The van der Waals surface area contributed by atoms with E-state index >= 15 is 0 Å². The van der Waals surface area contributed by atoms with E-state index in [-0.39, 0.29) is 9.41 Å².